The van der Waals surface area contributed by atoms with Gasteiger partial charge in [0.25, 0.3) is 0 Å². The molecule has 2 nitrogen and oxygen atoms in total. The Balaban J connectivity index is 2.34. The monoisotopic (exact) mass is 355 g/mol. The van der Waals surface area contributed by atoms with E-state index in [1.54, 1.807) is 0 Å². The summed E-state index contributed by atoms with van der Waals surface area (Å²) in [6.07, 6.45) is 0. The van der Waals surface area contributed by atoms with Crippen molar-refractivity contribution < 1.29 is 4.74 Å². The first kappa shape index (κ1) is 12.5. The first-order valence-corrected chi connectivity index (χ1v) is 6.64. The topological polar surface area (TPSA) is 35.2 Å². The van der Waals surface area contributed by atoms with Crippen molar-refractivity contribution >= 4 is 37.5 Å². The highest BCUT2D eigenvalue weighted by Gasteiger charge is 2.06. The smallest absolute Gasteiger partial charge is 0.141 e. The second kappa shape index (κ2) is 5.10. The zero-order valence-electron chi connectivity index (χ0n) is 9.21. The number of hydrogen-bond acceptors (Lipinski definition) is 2. The molecule has 0 spiro atoms. The summed E-state index contributed by atoms with van der Waals surface area (Å²) < 4.78 is 7.68. The lowest BCUT2D eigenvalue weighted by Crippen LogP contribution is -1.90. The third-order valence-electron chi connectivity index (χ3n) is 2.33. The van der Waals surface area contributed by atoms with Gasteiger partial charge in [0.1, 0.15) is 11.5 Å². The van der Waals surface area contributed by atoms with E-state index in [2.05, 4.69) is 31.9 Å². The van der Waals surface area contributed by atoms with E-state index in [-0.39, 0.29) is 0 Å². The Morgan fingerprint density at radius 1 is 1.00 bits per heavy atom. The maximum atomic E-state index is 5.84. The van der Waals surface area contributed by atoms with Crippen molar-refractivity contribution in [3.63, 3.8) is 0 Å². The highest BCUT2D eigenvalue weighted by atomic mass is 79.9. The molecule has 88 valence electrons. The number of nitrogens with two attached hydrogens (primary N) is 1. The van der Waals surface area contributed by atoms with E-state index < -0.39 is 0 Å². The van der Waals surface area contributed by atoms with Crippen LogP contribution in [0, 0.1) is 6.92 Å². The lowest BCUT2D eigenvalue weighted by molar-refractivity contribution is 0.475. The Morgan fingerprint density at radius 3 is 2.47 bits per heavy atom. The maximum absolute atomic E-state index is 5.84. The molecule has 2 aromatic rings. The van der Waals surface area contributed by atoms with Crippen molar-refractivity contribution in [2.45, 2.75) is 6.92 Å². The van der Waals surface area contributed by atoms with Gasteiger partial charge in [0.15, 0.2) is 0 Å². The molecule has 0 aromatic heterocycles. The van der Waals surface area contributed by atoms with Crippen molar-refractivity contribution in [1.82, 2.24) is 0 Å². The average Bonchev–Trinajstić information content (AvgIpc) is 2.27. The molecule has 0 saturated carbocycles. The van der Waals surface area contributed by atoms with E-state index >= 15 is 0 Å². The van der Waals surface area contributed by atoms with Gasteiger partial charge in [-0.2, -0.15) is 0 Å². The molecular weight excluding hydrogens is 346 g/mol. The van der Waals surface area contributed by atoms with Crippen molar-refractivity contribution in [2.24, 2.45) is 0 Å². The van der Waals surface area contributed by atoms with Gasteiger partial charge in [0.05, 0.1) is 4.47 Å². The Morgan fingerprint density at radius 2 is 1.76 bits per heavy atom. The van der Waals surface area contributed by atoms with Gasteiger partial charge in [-0.25, -0.2) is 0 Å². The van der Waals surface area contributed by atoms with Crippen LogP contribution in [0.2, 0.25) is 0 Å². The number of benzene rings is 2. The van der Waals surface area contributed by atoms with Gasteiger partial charge in [-0.1, -0.05) is 22.0 Å². The first-order valence-electron chi connectivity index (χ1n) is 5.05. The van der Waals surface area contributed by atoms with E-state index in [0.29, 0.717) is 5.69 Å². The van der Waals surface area contributed by atoms with Gasteiger partial charge in [-0.3, -0.25) is 0 Å². The molecule has 2 N–H and O–H groups in total. The molecule has 0 aliphatic carbocycles. The molecule has 0 aliphatic heterocycles. The van der Waals surface area contributed by atoms with Crippen LogP contribution in [0.5, 0.6) is 11.5 Å². The summed E-state index contributed by atoms with van der Waals surface area (Å²) in [5, 5.41) is 0. The minimum atomic E-state index is 0.704. The van der Waals surface area contributed by atoms with Crippen LogP contribution >= 0.6 is 31.9 Å². The SMILES string of the molecule is Cc1ccc(Br)cc1Oc1ccc(N)cc1Br. The van der Waals surface area contributed by atoms with E-state index in [1.807, 2.05) is 43.3 Å². The second-order valence-corrected chi connectivity index (χ2v) is 5.47. The van der Waals surface area contributed by atoms with Crippen LogP contribution < -0.4 is 10.5 Å². The van der Waals surface area contributed by atoms with Gasteiger partial charge in [0.2, 0.25) is 0 Å². The van der Waals surface area contributed by atoms with Crippen LogP contribution in [-0.4, -0.2) is 0 Å². The standard InChI is InChI=1S/C13H11Br2NO/c1-8-2-3-9(14)6-13(8)17-12-5-4-10(16)7-11(12)15/h2-7H,16H2,1H3. The summed E-state index contributed by atoms with van der Waals surface area (Å²) in [6, 6.07) is 11.4. The highest BCUT2D eigenvalue weighted by Crippen LogP contribution is 2.33. The Bertz CT molecular complexity index is 555. The number of anilines is 1. The van der Waals surface area contributed by atoms with Crippen LogP contribution in [0.3, 0.4) is 0 Å². The molecule has 0 fully saturated rings. The lowest BCUT2D eigenvalue weighted by atomic mass is 10.2. The number of rotatable bonds is 2. The molecule has 0 saturated heterocycles. The fourth-order valence-corrected chi connectivity index (χ4v) is 2.22. The summed E-state index contributed by atoms with van der Waals surface area (Å²) in [5.74, 6) is 1.57. The van der Waals surface area contributed by atoms with Crippen molar-refractivity contribution in [3.05, 3.63) is 50.9 Å². The Labute approximate surface area is 117 Å². The first-order chi connectivity index (χ1) is 8.06. The fourth-order valence-electron chi connectivity index (χ4n) is 1.40. The van der Waals surface area contributed by atoms with Crippen molar-refractivity contribution in [2.75, 3.05) is 5.73 Å². The minimum Gasteiger partial charge on any atom is -0.456 e. The quantitative estimate of drug-likeness (QED) is 0.777. The highest BCUT2D eigenvalue weighted by molar-refractivity contribution is 9.10. The van der Waals surface area contributed by atoms with Crippen LogP contribution in [0.1, 0.15) is 5.56 Å². The number of nitrogen functional groups attached to an aromatic ring is 1. The second-order valence-electron chi connectivity index (χ2n) is 3.70. The van der Waals surface area contributed by atoms with E-state index in [1.165, 1.54) is 0 Å². The average molecular weight is 357 g/mol. The number of aryl methyl sites for hydroxylation is 1. The van der Waals surface area contributed by atoms with Crippen LogP contribution in [0.25, 0.3) is 0 Å². The van der Waals surface area contributed by atoms with Gasteiger partial charge in [0, 0.05) is 10.2 Å². The van der Waals surface area contributed by atoms with E-state index in [4.69, 9.17) is 10.5 Å². The Kier molecular flexibility index (Phi) is 3.74. The summed E-state index contributed by atoms with van der Waals surface area (Å²) >= 11 is 6.86. The van der Waals surface area contributed by atoms with Crippen LogP contribution in [0.15, 0.2) is 45.3 Å². The van der Waals surface area contributed by atoms with E-state index in [0.717, 1.165) is 26.0 Å². The molecule has 0 unspecified atom stereocenters. The molecule has 0 radical (unpaired) electrons. The number of hydrogen-bond donors (Lipinski definition) is 1. The predicted molar refractivity (Wildman–Crippen MR) is 77.5 cm³/mol. The summed E-state index contributed by atoms with van der Waals surface area (Å²) in [5.41, 5.74) is 7.47. The molecule has 0 amide bonds. The zero-order chi connectivity index (χ0) is 12.4. The van der Waals surface area contributed by atoms with E-state index in [9.17, 15) is 0 Å². The van der Waals surface area contributed by atoms with Gasteiger partial charge >= 0.3 is 0 Å². The van der Waals surface area contributed by atoms with Crippen LogP contribution in [-0.2, 0) is 0 Å². The summed E-state index contributed by atoms with van der Waals surface area (Å²) in [4.78, 5) is 0. The molecule has 2 rings (SSSR count). The molecular formula is C13H11Br2NO. The summed E-state index contributed by atoms with van der Waals surface area (Å²) in [7, 11) is 0. The largest absolute Gasteiger partial charge is 0.456 e. The fraction of sp³-hybridized carbons (Fsp3) is 0.0769. The molecule has 0 heterocycles. The third kappa shape index (κ3) is 3.01. The predicted octanol–water partition coefficient (Wildman–Crippen LogP) is 4.89. The summed E-state index contributed by atoms with van der Waals surface area (Å²) in [6.45, 7) is 2.01. The number of ether oxygens (including phenoxy) is 1. The number of halogens is 2. The zero-order valence-corrected chi connectivity index (χ0v) is 12.4. The van der Waals surface area contributed by atoms with Gasteiger partial charge in [-0.05, 0) is 58.7 Å². The normalized spacial score (nSPS) is 10.3. The van der Waals surface area contributed by atoms with Crippen molar-refractivity contribution in [1.29, 1.82) is 0 Å². The molecule has 0 bridgehead atoms. The molecule has 0 atom stereocenters. The molecule has 2 aromatic carbocycles. The van der Waals surface area contributed by atoms with Crippen LogP contribution in [0.4, 0.5) is 5.69 Å². The third-order valence-corrected chi connectivity index (χ3v) is 3.44. The Hall–Kier alpha value is -1.00. The van der Waals surface area contributed by atoms with Gasteiger partial charge in [-0.15, -0.1) is 0 Å². The van der Waals surface area contributed by atoms with Crippen molar-refractivity contribution in [3.8, 4) is 11.5 Å². The lowest BCUT2D eigenvalue weighted by Gasteiger charge is -2.11. The maximum Gasteiger partial charge on any atom is 0.141 e. The molecule has 4 heteroatoms. The molecule has 17 heavy (non-hydrogen) atoms. The van der Waals surface area contributed by atoms with Gasteiger partial charge < -0.3 is 10.5 Å². The minimum absolute atomic E-state index is 0.704. The molecule has 0 aliphatic rings.